The molecular weight excluding hydrogens is 218 g/mol. The normalized spacial score (nSPS) is 11.9. The molecule has 0 aromatic rings. The van der Waals surface area contributed by atoms with Crippen LogP contribution < -0.4 is 0 Å². The van der Waals surface area contributed by atoms with Crippen molar-refractivity contribution < 1.29 is 0 Å². The highest BCUT2D eigenvalue weighted by atomic mass is 15.4. The van der Waals surface area contributed by atoms with Crippen LogP contribution in [0.3, 0.4) is 0 Å². The predicted molar refractivity (Wildman–Crippen MR) is 68.0 cm³/mol. The molecule has 96 valence electrons. The largest absolute Gasteiger partial charge is 0.287 e. The van der Waals surface area contributed by atoms with E-state index in [0.717, 1.165) is 6.42 Å². The zero-order valence-electron chi connectivity index (χ0n) is 11.3. The van der Waals surface area contributed by atoms with Gasteiger partial charge >= 0.3 is 0 Å². The van der Waals surface area contributed by atoms with Crippen LogP contribution in [0, 0.1) is 5.41 Å². The fourth-order valence-corrected chi connectivity index (χ4v) is 2.05. The Morgan fingerprint density at radius 1 is 0.941 bits per heavy atom. The van der Waals surface area contributed by atoms with E-state index in [2.05, 4.69) is 54.7 Å². The highest BCUT2D eigenvalue weighted by molar-refractivity contribution is 4.85. The Morgan fingerprint density at radius 3 is 1.65 bits per heavy atom. The van der Waals surface area contributed by atoms with Crippen LogP contribution in [0.1, 0.15) is 41.0 Å². The third-order valence-electron chi connectivity index (χ3n) is 2.41. The summed E-state index contributed by atoms with van der Waals surface area (Å²) < 4.78 is 0. The Kier molecular flexibility index (Phi) is 5.82. The Bertz CT molecular complexity index is 309. The Morgan fingerprint density at radius 2 is 1.35 bits per heavy atom. The van der Waals surface area contributed by atoms with Gasteiger partial charge in [-0.1, -0.05) is 31.0 Å². The van der Waals surface area contributed by atoms with Crippen molar-refractivity contribution in [2.75, 3.05) is 13.3 Å². The minimum Gasteiger partial charge on any atom is -0.287 e. The molecule has 0 N–H and O–H groups in total. The molecule has 0 saturated carbocycles. The van der Waals surface area contributed by atoms with Gasteiger partial charge in [0.1, 0.15) is 0 Å². The average molecular weight is 239 g/mol. The van der Waals surface area contributed by atoms with Crippen molar-refractivity contribution in [3.05, 3.63) is 20.9 Å². The molecule has 0 saturated heterocycles. The molecule has 0 atom stereocenters. The van der Waals surface area contributed by atoms with Gasteiger partial charge in [0.25, 0.3) is 0 Å². The second kappa shape index (κ2) is 6.35. The average Bonchev–Trinajstić information content (AvgIpc) is 2.13. The van der Waals surface area contributed by atoms with Crippen LogP contribution in [-0.2, 0) is 0 Å². The first-order valence-corrected chi connectivity index (χ1v) is 5.50. The van der Waals surface area contributed by atoms with E-state index in [9.17, 15) is 0 Å². The second-order valence-electron chi connectivity index (χ2n) is 5.83. The predicted octanol–water partition coefficient (Wildman–Crippen LogP) is 4.04. The summed E-state index contributed by atoms with van der Waals surface area (Å²) in [7, 11) is 0. The third-order valence-corrected chi connectivity index (χ3v) is 2.41. The maximum Gasteiger partial charge on any atom is 0.0779 e. The van der Waals surface area contributed by atoms with Gasteiger partial charge in [0.15, 0.2) is 0 Å². The maximum atomic E-state index is 8.37. The van der Waals surface area contributed by atoms with Crippen LogP contribution >= 0.6 is 0 Å². The van der Waals surface area contributed by atoms with Gasteiger partial charge < -0.3 is 0 Å². The van der Waals surface area contributed by atoms with Gasteiger partial charge in [-0.15, -0.1) is 0 Å². The topological polar surface area (TPSA) is 101 Å². The highest BCUT2D eigenvalue weighted by Crippen LogP contribution is 2.31. The molecule has 0 amide bonds. The second-order valence-corrected chi connectivity index (χ2v) is 5.83. The number of azide groups is 2. The summed E-state index contributed by atoms with van der Waals surface area (Å²) in [5.74, 6) is 0. The van der Waals surface area contributed by atoms with Crippen molar-refractivity contribution in [2.24, 2.45) is 15.6 Å². The lowest BCUT2D eigenvalue weighted by Crippen LogP contribution is -2.46. The monoisotopic (exact) mass is 239 g/mol. The quantitative estimate of drug-likeness (QED) is 0.390. The molecule has 0 unspecified atom stereocenters. The molecule has 0 aliphatic heterocycles. The van der Waals surface area contributed by atoms with Gasteiger partial charge in [-0.25, -0.2) is 0 Å². The zero-order chi connectivity index (χ0) is 13.5. The molecular formula is C10H21N7. The maximum absolute atomic E-state index is 8.37. The fraction of sp³-hybridized carbons (Fsp3) is 1.00. The summed E-state index contributed by atoms with van der Waals surface area (Å²) in [6, 6.07) is 0. The van der Waals surface area contributed by atoms with E-state index in [1.807, 2.05) is 4.90 Å². The molecule has 0 aromatic heterocycles. The van der Waals surface area contributed by atoms with Gasteiger partial charge in [0.2, 0.25) is 0 Å². The van der Waals surface area contributed by atoms with Gasteiger partial charge in [-0.2, -0.15) is 0 Å². The Balaban J connectivity index is 4.85. The molecule has 0 rings (SSSR count). The van der Waals surface area contributed by atoms with Crippen molar-refractivity contribution in [2.45, 2.75) is 46.6 Å². The minimum atomic E-state index is -0.194. The van der Waals surface area contributed by atoms with E-state index in [1.54, 1.807) is 0 Å². The Hall–Kier alpha value is -1.42. The first-order chi connectivity index (χ1) is 7.73. The van der Waals surface area contributed by atoms with Crippen LogP contribution in [0.15, 0.2) is 10.2 Å². The van der Waals surface area contributed by atoms with E-state index in [-0.39, 0.29) is 24.3 Å². The van der Waals surface area contributed by atoms with E-state index in [0.29, 0.717) is 0 Å². The van der Waals surface area contributed by atoms with E-state index < -0.39 is 0 Å². The smallest absolute Gasteiger partial charge is 0.0779 e. The van der Waals surface area contributed by atoms with Crippen molar-refractivity contribution in [3.8, 4) is 0 Å². The molecule has 0 heterocycles. The van der Waals surface area contributed by atoms with Crippen LogP contribution in [0.4, 0.5) is 0 Å². The van der Waals surface area contributed by atoms with Crippen molar-refractivity contribution in [1.82, 2.24) is 4.90 Å². The molecule has 0 bridgehead atoms. The van der Waals surface area contributed by atoms with Gasteiger partial charge in [-0.3, -0.25) is 4.90 Å². The molecule has 7 heteroatoms. The molecule has 0 spiro atoms. The van der Waals surface area contributed by atoms with E-state index in [1.165, 1.54) is 0 Å². The molecule has 7 nitrogen and oxygen atoms in total. The lowest BCUT2D eigenvalue weighted by molar-refractivity contribution is 0.0822. The fourth-order valence-electron chi connectivity index (χ4n) is 2.05. The molecule has 0 aliphatic rings. The first-order valence-electron chi connectivity index (χ1n) is 5.50. The summed E-state index contributed by atoms with van der Waals surface area (Å²) >= 11 is 0. The summed E-state index contributed by atoms with van der Waals surface area (Å²) in [6.07, 6.45) is 0.905. The molecule has 0 fully saturated rings. The van der Waals surface area contributed by atoms with Gasteiger partial charge in [-0.05, 0) is 36.7 Å². The number of hydrogen-bond acceptors (Lipinski definition) is 3. The molecule has 0 aliphatic carbocycles. The molecule has 0 aromatic carbocycles. The molecule has 17 heavy (non-hydrogen) atoms. The first kappa shape index (κ1) is 15.6. The zero-order valence-corrected chi connectivity index (χ0v) is 11.3. The van der Waals surface area contributed by atoms with Crippen molar-refractivity contribution >= 4 is 0 Å². The summed E-state index contributed by atoms with van der Waals surface area (Å²) in [5, 5.41) is 7.09. The lowest BCUT2D eigenvalue weighted by Gasteiger charge is -2.40. The summed E-state index contributed by atoms with van der Waals surface area (Å²) in [6.45, 7) is 11.0. The number of rotatable bonds is 6. The Labute approximate surface area is 102 Å². The van der Waals surface area contributed by atoms with Crippen LogP contribution in [-0.4, -0.2) is 23.8 Å². The highest BCUT2D eigenvalue weighted by Gasteiger charge is 2.30. The van der Waals surface area contributed by atoms with Gasteiger partial charge in [0.05, 0.1) is 13.3 Å². The van der Waals surface area contributed by atoms with Crippen molar-refractivity contribution in [3.63, 3.8) is 0 Å². The lowest BCUT2D eigenvalue weighted by atomic mass is 9.81. The van der Waals surface area contributed by atoms with Crippen LogP contribution in [0.25, 0.3) is 20.9 Å². The number of hydrogen-bond donors (Lipinski definition) is 0. The van der Waals surface area contributed by atoms with E-state index in [4.69, 9.17) is 11.1 Å². The van der Waals surface area contributed by atoms with Crippen LogP contribution in [0.5, 0.6) is 0 Å². The summed E-state index contributed by atoms with van der Waals surface area (Å²) in [4.78, 5) is 7.36. The van der Waals surface area contributed by atoms with Crippen LogP contribution in [0.2, 0.25) is 0 Å². The SMILES string of the molecule is CC(C)(C)CC(C)(C)N(CN=[N+]=[N-])CN=[N+]=[N-]. The minimum absolute atomic E-state index is 0.147. The third kappa shape index (κ3) is 6.68. The standard InChI is InChI=1S/C10H21N7/c1-9(2,3)6-10(4,5)17(7-13-15-11)8-14-16-12/h6-8H2,1-5H3. The molecule has 0 radical (unpaired) electrons. The number of nitrogens with zero attached hydrogens (tertiary/aromatic N) is 7. The summed E-state index contributed by atoms with van der Waals surface area (Å²) in [5.41, 5.74) is 16.7. The van der Waals surface area contributed by atoms with Crippen molar-refractivity contribution in [1.29, 1.82) is 0 Å². The van der Waals surface area contributed by atoms with E-state index >= 15 is 0 Å². The van der Waals surface area contributed by atoms with Gasteiger partial charge in [0, 0.05) is 15.4 Å².